The monoisotopic (exact) mass is 355 g/mol. The molecule has 1 aliphatic carbocycles. The lowest BCUT2D eigenvalue weighted by Gasteiger charge is -2.33. The average molecular weight is 355 g/mol. The number of pyridine rings is 1. The van der Waals surface area contributed by atoms with Gasteiger partial charge < -0.3 is 14.8 Å². The van der Waals surface area contributed by atoms with Crippen molar-refractivity contribution in [3.8, 4) is 0 Å². The van der Waals surface area contributed by atoms with Crippen LogP contribution in [-0.2, 0) is 4.79 Å². The fraction of sp³-hybridized carbons (Fsp3) is 0.579. The molecule has 3 unspecified atom stereocenters. The average Bonchev–Trinajstić information content (AvgIpc) is 3.37. The van der Waals surface area contributed by atoms with Gasteiger partial charge in [0.2, 0.25) is 11.9 Å². The summed E-state index contributed by atoms with van der Waals surface area (Å²) in [7, 11) is 3.75. The molecule has 2 aliphatic rings. The Kier molecular flexibility index (Phi) is 4.17. The fourth-order valence-corrected chi connectivity index (χ4v) is 3.82. The third-order valence-corrected chi connectivity index (χ3v) is 5.60. The second kappa shape index (κ2) is 6.37. The summed E-state index contributed by atoms with van der Waals surface area (Å²) in [5.41, 5.74) is 1.36. The van der Waals surface area contributed by atoms with Crippen LogP contribution < -0.4 is 10.5 Å². The van der Waals surface area contributed by atoms with Crippen LogP contribution >= 0.6 is 0 Å². The highest BCUT2D eigenvalue weighted by Gasteiger charge is 2.42. The predicted molar refractivity (Wildman–Crippen MR) is 100 cm³/mol. The van der Waals surface area contributed by atoms with E-state index in [1.165, 1.54) is 0 Å². The summed E-state index contributed by atoms with van der Waals surface area (Å²) in [4.78, 5) is 40.6. The van der Waals surface area contributed by atoms with Crippen LogP contribution in [0.5, 0.6) is 0 Å². The van der Waals surface area contributed by atoms with E-state index in [2.05, 4.69) is 21.9 Å². The molecule has 1 N–H and O–H groups in total. The van der Waals surface area contributed by atoms with Gasteiger partial charge in [-0.2, -0.15) is 0 Å². The first kappa shape index (κ1) is 17.0. The molecule has 26 heavy (non-hydrogen) atoms. The van der Waals surface area contributed by atoms with Gasteiger partial charge in [0, 0.05) is 50.9 Å². The van der Waals surface area contributed by atoms with Crippen molar-refractivity contribution in [2.45, 2.75) is 32.1 Å². The minimum absolute atomic E-state index is 0.150. The van der Waals surface area contributed by atoms with Crippen molar-refractivity contribution in [2.24, 2.45) is 11.8 Å². The van der Waals surface area contributed by atoms with Crippen LogP contribution in [0.25, 0.3) is 10.9 Å². The third-order valence-electron chi connectivity index (χ3n) is 5.60. The number of anilines is 1. The van der Waals surface area contributed by atoms with Crippen LogP contribution in [0.3, 0.4) is 0 Å². The van der Waals surface area contributed by atoms with Gasteiger partial charge >= 0.3 is 0 Å². The molecule has 0 bridgehead atoms. The molecule has 0 radical (unpaired) electrons. The number of hydrogen-bond acceptors (Lipinski definition) is 5. The van der Waals surface area contributed by atoms with Crippen molar-refractivity contribution >= 4 is 22.8 Å². The van der Waals surface area contributed by atoms with Crippen LogP contribution in [-0.4, -0.2) is 52.9 Å². The minimum atomic E-state index is -0.165. The van der Waals surface area contributed by atoms with Crippen molar-refractivity contribution in [2.75, 3.05) is 32.1 Å². The lowest BCUT2D eigenvalue weighted by atomic mass is 9.93. The van der Waals surface area contributed by atoms with E-state index in [0.29, 0.717) is 29.3 Å². The van der Waals surface area contributed by atoms with Gasteiger partial charge in [0.1, 0.15) is 0 Å². The summed E-state index contributed by atoms with van der Waals surface area (Å²) in [5.74, 6) is 1.74. The summed E-state index contributed by atoms with van der Waals surface area (Å²) in [6, 6.07) is 1.95. The van der Waals surface area contributed by atoms with Gasteiger partial charge in [-0.05, 0) is 31.2 Å². The van der Waals surface area contributed by atoms with Crippen LogP contribution in [0.15, 0.2) is 17.1 Å². The van der Waals surface area contributed by atoms with Crippen LogP contribution in [0.4, 0.5) is 5.95 Å². The Balaban J connectivity index is 1.62. The maximum Gasteiger partial charge on any atom is 0.259 e. The molecule has 138 valence electrons. The minimum Gasteiger partial charge on any atom is -0.347 e. The Bertz CT molecular complexity index is 906. The molecule has 2 aromatic rings. The molecule has 1 aliphatic heterocycles. The smallest absolute Gasteiger partial charge is 0.259 e. The molecule has 2 aromatic heterocycles. The second-order valence-corrected chi connectivity index (χ2v) is 7.86. The first-order valence-corrected chi connectivity index (χ1v) is 9.30. The number of fused-ring (bicyclic) bond motifs is 1. The number of aromatic nitrogens is 3. The highest BCUT2D eigenvalue weighted by atomic mass is 16.2. The molecule has 3 atom stereocenters. The highest BCUT2D eigenvalue weighted by molar-refractivity contribution is 5.82. The lowest BCUT2D eigenvalue weighted by molar-refractivity contribution is -0.134. The van der Waals surface area contributed by atoms with E-state index in [-0.39, 0.29) is 23.3 Å². The molecule has 7 nitrogen and oxygen atoms in total. The van der Waals surface area contributed by atoms with Crippen molar-refractivity contribution < 1.29 is 4.79 Å². The number of piperidine rings is 1. The number of carbonyl (C=O) groups is 1. The van der Waals surface area contributed by atoms with Gasteiger partial charge in [-0.15, -0.1) is 0 Å². The summed E-state index contributed by atoms with van der Waals surface area (Å²) < 4.78 is 0. The van der Waals surface area contributed by atoms with E-state index < -0.39 is 0 Å². The van der Waals surface area contributed by atoms with E-state index in [1.54, 1.807) is 6.20 Å². The largest absolute Gasteiger partial charge is 0.347 e. The maximum atomic E-state index is 12.6. The van der Waals surface area contributed by atoms with Crippen molar-refractivity contribution in [1.29, 1.82) is 0 Å². The summed E-state index contributed by atoms with van der Waals surface area (Å²) in [6.45, 7) is 3.63. The van der Waals surface area contributed by atoms with Crippen LogP contribution in [0.2, 0.25) is 0 Å². The summed E-state index contributed by atoms with van der Waals surface area (Å²) >= 11 is 0. The first-order chi connectivity index (χ1) is 12.4. The van der Waals surface area contributed by atoms with E-state index in [1.807, 2.05) is 30.0 Å². The predicted octanol–water partition coefficient (Wildman–Crippen LogP) is 1.75. The molecule has 7 heteroatoms. The number of likely N-dealkylation sites (tertiary alicyclic amines) is 1. The molecule has 1 saturated heterocycles. The molecule has 4 rings (SSSR count). The fourth-order valence-electron chi connectivity index (χ4n) is 3.82. The number of carbonyl (C=O) groups excluding carboxylic acids is 1. The van der Waals surface area contributed by atoms with Crippen molar-refractivity contribution in [1.82, 2.24) is 19.9 Å². The second-order valence-electron chi connectivity index (χ2n) is 7.86. The zero-order valence-corrected chi connectivity index (χ0v) is 15.5. The van der Waals surface area contributed by atoms with Gasteiger partial charge in [-0.1, -0.05) is 6.92 Å². The Labute approximate surface area is 152 Å². The quantitative estimate of drug-likeness (QED) is 0.907. The lowest BCUT2D eigenvalue weighted by Crippen LogP contribution is -2.40. The molecule has 0 spiro atoms. The van der Waals surface area contributed by atoms with Gasteiger partial charge in [-0.3, -0.25) is 9.59 Å². The number of nitrogens with zero attached hydrogens (tertiary/aromatic N) is 4. The van der Waals surface area contributed by atoms with Crippen LogP contribution in [0.1, 0.15) is 37.8 Å². The van der Waals surface area contributed by atoms with E-state index >= 15 is 0 Å². The van der Waals surface area contributed by atoms with Crippen molar-refractivity contribution in [3.05, 3.63) is 28.3 Å². The zero-order valence-electron chi connectivity index (χ0n) is 15.5. The molecular formula is C19H25N5O2. The zero-order chi connectivity index (χ0) is 18.4. The van der Waals surface area contributed by atoms with Crippen LogP contribution in [0, 0.1) is 11.8 Å². The van der Waals surface area contributed by atoms with E-state index in [0.717, 1.165) is 31.5 Å². The number of hydrogen-bond donors (Lipinski definition) is 1. The van der Waals surface area contributed by atoms with Gasteiger partial charge in [0.15, 0.2) is 0 Å². The molecule has 1 amide bonds. The molecular weight excluding hydrogens is 330 g/mol. The topological polar surface area (TPSA) is 82.2 Å². The number of nitrogens with one attached hydrogen (secondary N) is 1. The van der Waals surface area contributed by atoms with Gasteiger partial charge in [-0.25, -0.2) is 9.97 Å². The third kappa shape index (κ3) is 3.06. The number of amides is 1. The number of H-pyrrole nitrogens is 1. The van der Waals surface area contributed by atoms with Crippen molar-refractivity contribution in [3.63, 3.8) is 0 Å². The molecule has 1 saturated carbocycles. The maximum absolute atomic E-state index is 12.6. The Morgan fingerprint density at radius 2 is 2.15 bits per heavy atom. The number of rotatable bonds is 3. The van der Waals surface area contributed by atoms with E-state index in [4.69, 9.17) is 0 Å². The Morgan fingerprint density at radius 3 is 2.85 bits per heavy atom. The number of aromatic amines is 1. The highest BCUT2D eigenvalue weighted by Crippen LogP contribution is 2.40. The van der Waals surface area contributed by atoms with E-state index in [9.17, 15) is 9.59 Å². The SMILES string of the molecule is CC1CC1C(=O)N1CCCC(c2cc3nc(N(C)C)ncc3c(=O)[nH]2)C1. The molecule has 0 aromatic carbocycles. The Hall–Kier alpha value is -2.44. The molecule has 3 heterocycles. The first-order valence-electron chi connectivity index (χ1n) is 9.30. The normalized spacial score (nSPS) is 25.3. The Morgan fingerprint density at radius 1 is 1.38 bits per heavy atom. The summed E-state index contributed by atoms with van der Waals surface area (Å²) in [5, 5.41) is 0.495. The standard InChI is InChI=1S/C19H25N5O2/c1-11-7-13(11)18(26)24-6-4-5-12(10-24)15-8-16-14(17(25)21-15)9-20-19(22-16)23(2)3/h8-9,11-13H,4-7,10H2,1-3H3,(H,21,25). The van der Waals surface area contributed by atoms with Gasteiger partial charge in [0.05, 0.1) is 10.9 Å². The summed E-state index contributed by atoms with van der Waals surface area (Å²) in [6.07, 6.45) is 4.52. The molecule has 2 fully saturated rings. The van der Waals surface area contributed by atoms with Gasteiger partial charge in [0.25, 0.3) is 5.56 Å².